The molecule has 4 heterocycles. The number of pyridine rings is 1. The molecule has 0 unspecified atom stereocenters. The highest BCUT2D eigenvalue weighted by Crippen LogP contribution is 2.30. The Morgan fingerprint density at radius 2 is 1.73 bits per heavy atom. The molecule has 3 aromatic heterocycles. The zero-order valence-electron chi connectivity index (χ0n) is 12.4. The van der Waals surface area contributed by atoms with Gasteiger partial charge in [-0.15, -0.1) is 11.3 Å². The lowest BCUT2D eigenvalue weighted by Gasteiger charge is -2.36. The summed E-state index contributed by atoms with van der Waals surface area (Å²) in [6.07, 6.45) is 5.39. The molecule has 0 aliphatic carbocycles. The molecule has 6 heteroatoms. The van der Waals surface area contributed by atoms with Crippen LogP contribution in [0, 0.1) is 6.92 Å². The Kier molecular flexibility index (Phi) is 3.38. The average molecular weight is 311 g/mol. The maximum absolute atomic E-state index is 4.53. The molecule has 0 bridgehead atoms. The van der Waals surface area contributed by atoms with Crippen LogP contribution in [0.5, 0.6) is 0 Å². The molecular formula is C16H17N5S. The minimum Gasteiger partial charge on any atom is -0.368 e. The molecule has 0 spiro atoms. The molecule has 0 N–H and O–H groups in total. The molecule has 22 heavy (non-hydrogen) atoms. The molecule has 1 aliphatic rings. The monoisotopic (exact) mass is 311 g/mol. The third-order valence-corrected chi connectivity index (χ3v) is 5.00. The highest BCUT2D eigenvalue weighted by atomic mass is 32.1. The van der Waals surface area contributed by atoms with Gasteiger partial charge in [0.05, 0.1) is 5.39 Å². The number of piperazine rings is 1. The van der Waals surface area contributed by atoms with Crippen molar-refractivity contribution in [2.45, 2.75) is 6.92 Å². The highest BCUT2D eigenvalue weighted by Gasteiger charge is 2.20. The number of aryl methyl sites for hydroxylation is 1. The Morgan fingerprint density at radius 3 is 2.50 bits per heavy atom. The van der Waals surface area contributed by atoms with Crippen LogP contribution in [0.25, 0.3) is 10.2 Å². The number of aromatic nitrogens is 3. The summed E-state index contributed by atoms with van der Waals surface area (Å²) in [7, 11) is 0. The summed E-state index contributed by atoms with van der Waals surface area (Å²) in [5.41, 5.74) is 1.24. The van der Waals surface area contributed by atoms with Gasteiger partial charge in [0, 0.05) is 49.1 Å². The summed E-state index contributed by atoms with van der Waals surface area (Å²) in [6, 6.07) is 6.34. The lowest BCUT2D eigenvalue weighted by atomic mass is 10.2. The zero-order chi connectivity index (χ0) is 14.9. The second-order valence-electron chi connectivity index (χ2n) is 5.45. The summed E-state index contributed by atoms with van der Waals surface area (Å²) in [4.78, 5) is 20.1. The second kappa shape index (κ2) is 5.53. The lowest BCUT2D eigenvalue weighted by molar-refractivity contribution is 0.648. The van der Waals surface area contributed by atoms with Crippen LogP contribution in [-0.2, 0) is 0 Å². The van der Waals surface area contributed by atoms with Crippen molar-refractivity contribution in [3.8, 4) is 0 Å². The lowest BCUT2D eigenvalue weighted by Crippen LogP contribution is -2.46. The smallest absolute Gasteiger partial charge is 0.140 e. The van der Waals surface area contributed by atoms with E-state index in [0.29, 0.717) is 0 Å². The van der Waals surface area contributed by atoms with Gasteiger partial charge in [-0.05, 0) is 25.1 Å². The molecule has 112 valence electrons. The fraction of sp³-hybridized carbons (Fsp3) is 0.312. The molecule has 0 aromatic carbocycles. The molecule has 5 nitrogen and oxygen atoms in total. The topological polar surface area (TPSA) is 45.2 Å². The van der Waals surface area contributed by atoms with E-state index in [9.17, 15) is 0 Å². The van der Waals surface area contributed by atoms with E-state index < -0.39 is 0 Å². The van der Waals surface area contributed by atoms with Crippen LogP contribution >= 0.6 is 11.3 Å². The standard InChI is InChI=1S/C16H17N5S/c1-12-10-14-15(18-11-19-16(14)22-12)21-8-6-20(7-9-21)13-2-4-17-5-3-13/h2-5,10-11H,6-9H2,1H3. The molecule has 0 atom stereocenters. The minimum atomic E-state index is 0.976. The average Bonchev–Trinajstić information content (AvgIpc) is 2.96. The van der Waals surface area contributed by atoms with Crippen LogP contribution in [-0.4, -0.2) is 41.1 Å². The zero-order valence-corrected chi connectivity index (χ0v) is 13.3. The summed E-state index contributed by atoms with van der Waals surface area (Å²) < 4.78 is 0. The van der Waals surface area contributed by atoms with Crippen molar-refractivity contribution < 1.29 is 0 Å². The predicted molar refractivity (Wildman–Crippen MR) is 90.8 cm³/mol. The van der Waals surface area contributed by atoms with Crippen LogP contribution in [0.4, 0.5) is 11.5 Å². The Hall–Kier alpha value is -2.21. The first-order valence-electron chi connectivity index (χ1n) is 7.42. The van der Waals surface area contributed by atoms with Crippen molar-refractivity contribution in [1.82, 2.24) is 15.0 Å². The van der Waals surface area contributed by atoms with Crippen LogP contribution in [0.3, 0.4) is 0 Å². The van der Waals surface area contributed by atoms with E-state index in [4.69, 9.17) is 0 Å². The highest BCUT2D eigenvalue weighted by molar-refractivity contribution is 7.18. The molecule has 1 saturated heterocycles. The second-order valence-corrected chi connectivity index (χ2v) is 6.69. The van der Waals surface area contributed by atoms with Crippen molar-refractivity contribution >= 4 is 33.1 Å². The van der Waals surface area contributed by atoms with Crippen molar-refractivity contribution in [2.75, 3.05) is 36.0 Å². The van der Waals surface area contributed by atoms with E-state index in [2.05, 4.69) is 49.9 Å². The first kappa shape index (κ1) is 13.5. The minimum absolute atomic E-state index is 0.976. The van der Waals surface area contributed by atoms with E-state index >= 15 is 0 Å². The number of nitrogens with zero attached hydrogens (tertiary/aromatic N) is 5. The summed E-state index contributed by atoms with van der Waals surface area (Å²) in [6.45, 7) is 6.07. The van der Waals surface area contributed by atoms with E-state index in [0.717, 1.165) is 36.8 Å². The largest absolute Gasteiger partial charge is 0.368 e. The molecule has 0 saturated carbocycles. The molecule has 0 amide bonds. The van der Waals surface area contributed by atoms with Crippen LogP contribution in [0.2, 0.25) is 0 Å². The van der Waals surface area contributed by atoms with Gasteiger partial charge in [0.25, 0.3) is 0 Å². The molecule has 3 aromatic rings. The molecule has 1 fully saturated rings. The number of hydrogen-bond acceptors (Lipinski definition) is 6. The number of fused-ring (bicyclic) bond motifs is 1. The van der Waals surface area contributed by atoms with Crippen molar-refractivity contribution in [1.29, 1.82) is 0 Å². The number of rotatable bonds is 2. The molecular weight excluding hydrogens is 294 g/mol. The summed E-state index contributed by atoms with van der Waals surface area (Å²) in [5, 5.41) is 1.18. The van der Waals surface area contributed by atoms with Gasteiger partial charge in [-0.1, -0.05) is 0 Å². The van der Waals surface area contributed by atoms with Gasteiger partial charge >= 0.3 is 0 Å². The number of anilines is 2. The van der Waals surface area contributed by atoms with Crippen LogP contribution < -0.4 is 9.80 Å². The van der Waals surface area contributed by atoms with E-state index in [-0.39, 0.29) is 0 Å². The van der Waals surface area contributed by atoms with E-state index in [1.807, 2.05) is 12.4 Å². The van der Waals surface area contributed by atoms with Crippen molar-refractivity contribution in [3.05, 3.63) is 41.8 Å². The SMILES string of the molecule is Cc1cc2c(N3CCN(c4ccncc4)CC3)ncnc2s1. The van der Waals surface area contributed by atoms with Crippen LogP contribution in [0.1, 0.15) is 4.88 Å². The van der Waals surface area contributed by atoms with E-state index in [1.165, 1.54) is 16.0 Å². The number of thiophene rings is 1. The normalized spacial score (nSPS) is 15.5. The molecule has 4 rings (SSSR count). The Morgan fingerprint density at radius 1 is 1.00 bits per heavy atom. The van der Waals surface area contributed by atoms with Gasteiger partial charge in [0.15, 0.2) is 0 Å². The summed E-state index contributed by atoms with van der Waals surface area (Å²) >= 11 is 1.73. The Balaban J connectivity index is 1.56. The fourth-order valence-electron chi connectivity index (χ4n) is 2.95. The number of hydrogen-bond donors (Lipinski definition) is 0. The van der Waals surface area contributed by atoms with Gasteiger partial charge in [-0.3, -0.25) is 4.98 Å². The van der Waals surface area contributed by atoms with Gasteiger partial charge in [0.1, 0.15) is 17.0 Å². The molecule has 0 radical (unpaired) electrons. The van der Waals surface area contributed by atoms with E-state index in [1.54, 1.807) is 17.7 Å². The fourth-order valence-corrected chi connectivity index (χ4v) is 3.79. The van der Waals surface area contributed by atoms with Crippen molar-refractivity contribution in [2.24, 2.45) is 0 Å². The van der Waals surface area contributed by atoms with Gasteiger partial charge < -0.3 is 9.80 Å². The van der Waals surface area contributed by atoms with Crippen molar-refractivity contribution in [3.63, 3.8) is 0 Å². The predicted octanol–water partition coefficient (Wildman–Crippen LogP) is 2.72. The Bertz CT molecular complexity index is 778. The quantitative estimate of drug-likeness (QED) is 0.728. The van der Waals surface area contributed by atoms with Gasteiger partial charge in [0.2, 0.25) is 0 Å². The Labute approximate surface area is 133 Å². The maximum Gasteiger partial charge on any atom is 0.140 e. The maximum atomic E-state index is 4.53. The third kappa shape index (κ3) is 2.39. The first-order chi connectivity index (χ1) is 10.8. The van der Waals surface area contributed by atoms with Crippen LogP contribution in [0.15, 0.2) is 36.9 Å². The summed E-state index contributed by atoms with van der Waals surface area (Å²) in [5.74, 6) is 1.07. The third-order valence-electron chi connectivity index (χ3n) is 4.04. The first-order valence-corrected chi connectivity index (χ1v) is 8.24. The van der Waals surface area contributed by atoms with Gasteiger partial charge in [-0.25, -0.2) is 9.97 Å². The van der Waals surface area contributed by atoms with Gasteiger partial charge in [-0.2, -0.15) is 0 Å². The molecule has 1 aliphatic heterocycles.